The summed E-state index contributed by atoms with van der Waals surface area (Å²) < 4.78 is 7.73. The van der Waals surface area contributed by atoms with Gasteiger partial charge < -0.3 is 19.2 Å². The van der Waals surface area contributed by atoms with Crippen LogP contribution in [0.5, 0.6) is 0 Å². The van der Waals surface area contributed by atoms with E-state index in [0.29, 0.717) is 44.0 Å². The summed E-state index contributed by atoms with van der Waals surface area (Å²) in [6.45, 7) is 3.35. The number of aromatic nitrogens is 2. The monoisotopic (exact) mass is 241 g/mol. The Balaban J connectivity index is 1.83. The normalized spacial score (nSPS) is 16.4. The predicted molar refractivity (Wildman–Crippen MR) is 61.6 cm³/mol. The molecule has 0 aliphatic carbocycles. The zero-order valence-corrected chi connectivity index (χ0v) is 9.83. The molecule has 6 heteroatoms. The fourth-order valence-corrected chi connectivity index (χ4v) is 1.93. The number of H-pyrrole nitrogens is 1. The molecule has 2 rings (SSSR count). The molecule has 1 aliphatic rings. The average molecular weight is 241 g/mol. The largest absolute Gasteiger partial charge is 0.378 e. The SMILES string of the molecule is O=C(CCn1cc[nH]c1=S)N1CCOCC1. The van der Waals surface area contributed by atoms with Gasteiger partial charge in [0.2, 0.25) is 5.91 Å². The Morgan fingerprint density at radius 3 is 2.88 bits per heavy atom. The maximum Gasteiger partial charge on any atom is 0.224 e. The molecule has 88 valence electrons. The molecule has 1 amide bonds. The van der Waals surface area contributed by atoms with Crippen LogP contribution in [0.1, 0.15) is 6.42 Å². The lowest BCUT2D eigenvalue weighted by molar-refractivity contribution is -0.135. The van der Waals surface area contributed by atoms with Crippen LogP contribution in [0.25, 0.3) is 0 Å². The molecule has 1 fully saturated rings. The standard InChI is InChI=1S/C10H15N3O2S/c14-9(12-5-7-15-8-6-12)1-3-13-4-2-11-10(13)16/h2,4H,1,3,5-8H2,(H,11,16). The molecule has 1 aromatic heterocycles. The fourth-order valence-electron chi connectivity index (χ4n) is 1.71. The molecule has 5 nitrogen and oxygen atoms in total. The molecule has 1 aromatic rings. The molecule has 0 radical (unpaired) electrons. The van der Waals surface area contributed by atoms with Crippen LogP contribution in [-0.4, -0.2) is 46.7 Å². The second-order valence-corrected chi connectivity index (χ2v) is 4.09. The van der Waals surface area contributed by atoms with Crippen molar-refractivity contribution in [3.63, 3.8) is 0 Å². The van der Waals surface area contributed by atoms with Gasteiger partial charge in [-0.15, -0.1) is 0 Å². The van der Waals surface area contributed by atoms with Crippen LogP contribution in [0.3, 0.4) is 0 Å². The van der Waals surface area contributed by atoms with E-state index in [1.54, 1.807) is 6.20 Å². The van der Waals surface area contributed by atoms with Gasteiger partial charge in [0, 0.05) is 38.4 Å². The summed E-state index contributed by atoms with van der Waals surface area (Å²) in [4.78, 5) is 16.6. The maximum absolute atomic E-state index is 11.8. The van der Waals surface area contributed by atoms with Crippen LogP contribution in [0.2, 0.25) is 0 Å². The number of carbonyl (C=O) groups excluding carboxylic acids is 1. The van der Waals surface area contributed by atoms with Gasteiger partial charge in [0.05, 0.1) is 13.2 Å². The Morgan fingerprint density at radius 1 is 1.50 bits per heavy atom. The van der Waals surface area contributed by atoms with Crippen molar-refractivity contribution in [2.75, 3.05) is 26.3 Å². The average Bonchev–Trinajstić information content (AvgIpc) is 2.73. The van der Waals surface area contributed by atoms with E-state index < -0.39 is 0 Å². The van der Waals surface area contributed by atoms with Crippen molar-refractivity contribution >= 4 is 18.1 Å². The molecule has 0 spiro atoms. The summed E-state index contributed by atoms with van der Waals surface area (Å²) in [7, 11) is 0. The number of ether oxygens (including phenoxy) is 1. The van der Waals surface area contributed by atoms with E-state index in [2.05, 4.69) is 4.98 Å². The minimum Gasteiger partial charge on any atom is -0.378 e. The highest BCUT2D eigenvalue weighted by atomic mass is 32.1. The van der Waals surface area contributed by atoms with Crippen molar-refractivity contribution in [1.82, 2.24) is 14.5 Å². The van der Waals surface area contributed by atoms with Crippen LogP contribution in [0.4, 0.5) is 0 Å². The zero-order valence-electron chi connectivity index (χ0n) is 9.02. The first-order valence-electron chi connectivity index (χ1n) is 5.37. The molecule has 0 bridgehead atoms. The highest BCUT2D eigenvalue weighted by Crippen LogP contribution is 2.02. The number of carbonyl (C=O) groups is 1. The molecule has 1 saturated heterocycles. The van der Waals surface area contributed by atoms with Gasteiger partial charge in [0.1, 0.15) is 0 Å². The summed E-state index contributed by atoms with van der Waals surface area (Å²) >= 11 is 5.06. The number of aromatic amines is 1. The third-order valence-electron chi connectivity index (χ3n) is 2.65. The van der Waals surface area contributed by atoms with Crippen LogP contribution in [0.15, 0.2) is 12.4 Å². The van der Waals surface area contributed by atoms with Gasteiger partial charge in [-0.3, -0.25) is 4.79 Å². The van der Waals surface area contributed by atoms with Gasteiger partial charge in [-0.2, -0.15) is 0 Å². The van der Waals surface area contributed by atoms with Gasteiger partial charge in [0.25, 0.3) is 0 Å². The summed E-state index contributed by atoms with van der Waals surface area (Å²) in [5.74, 6) is 0.173. The highest BCUT2D eigenvalue weighted by molar-refractivity contribution is 7.71. The fraction of sp³-hybridized carbons (Fsp3) is 0.600. The topological polar surface area (TPSA) is 50.3 Å². The molecule has 0 unspecified atom stereocenters. The highest BCUT2D eigenvalue weighted by Gasteiger charge is 2.16. The Hall–Kier alpha value is -1.14. The third kappa shape index (κ3) is 2.70. The summed E-state index contributed by atoms with van der Waals surface area (Å²) in [6.07, 6.45) is 4.13. The molecular formula is C10H15N3O2S. The van der Waals surface area contributed by atoms with E-state index in [0.717, 1.165) is 0 Å². The Morgan fingerprint density at radius 2 is 2.25 bits per heavy atom. The number of nitrogens with zero attached hydrogens (tertiary/aromatic N) is 2. The quantitative estimate of drug-likeness (QED) is 0.796. The van der Waals surface area contributed by atoms with Crippen molar-refractivity contribution in [3.8, 4) is 0 Å². The smallest absolute Gasteiger partial charge is 0.224 e. The van der Waals surface area contributed by atoms with Crippen molar-refractivity contribution in [2.45, 2.75) is 13.0 Å². The number of rotatable bonds is 3. The van der Waals surface area contributed by atoms with E-state index in [4.69, 9.17) is 17.0 Å². The van der Waals surface area contributed by atoms with Crippen LogP contribution in [0, 0.1) is 4.77 Å². The predicted octanol–water partition coefficient (Wildman–Crippen LogP) is 0.795. The molecule has 1 aliphatic heterocycles. The van der Waals surface area contributed by atoms with Crippen LogP contribution in [-0.2, 0) is 16.1 Å². The number of aryl methyl sites for hydroxylation is 1. The molecule has 0 saturated carbocycles. The number of hydrogen-bond acceptors (Lipinski definition) is 3. The summed E-state index contributed by atoms with van der Waals surface area (Å²) in [5, 5.41) is 0. The first kappa shape index (κ1) is 11.3. The van der Waals surface area contributed by atoms with Crippen molar-refractivity contribution in [1.29, 1.82) is 0 Å². The minimum atomic E-state index is 0.173. The van der Waals surface area contributed by atoms with Crippen LogP contribution >= 0.6 is 12.2 Å². The zero-order chi connectivity index (χ0) is 11.4. The van der Waals surface area contributed by atoms with Gasteiger partial charge in [-0.25, -0.2) is 0 Å². The van der Waals surface area contributed by atoms with Crippen molar-refractivity contribution < 1.29 is 9.53 Å². The summed E-state index contributed by atoms with van der Waals surface area (Å²) in [6, 6.07) is 0. The lowest BCUT2D eigenvalue weighted by Gasteiger charge is -2.26. The van der Waals surface area contributed by atoms with Crippen molar-refractivity contribution in [3.05, 3.63) is 17.2 Å². The Bertz CT molecular complexity index is 406. The molecule has 1 N–H and O–H groups in total. The number of nitrogens with one attached hydrogen (secondary N) is 1. The lowest BCUT2D eigenvalue weighted by atomic mass is 10.3. The van der Waals surface area contributed by atoms with E-state index in [1.165, 1.54) is 0 Å². The first-order valence-corrected chi connectivity index (χ1v) is 5.77. The van der Waals surface area contributed by atoms with E-state index >= 15 is 0 Å². The van der Waals surface area contributed by atoms with Gasteiger partial charge in [-0.1, -0.05) is 0 Å². The van der Waals surface area contributed by atoms with E-state index in [1.807, 2.05) is 15.7 Å². The van der Waals surface area contributed by atoms with E-state index in [9.17, 15) is 4.79 Å². The van der Waals surface area contributed by atoms with Crippen LogP contribution < -0.4 is 0 Å². The molecule has 0 atom stereocenters. The number of imidazole rings is 1. The Labute approximate surface area is 99.0 Å². The van der Waals surface area contributed by atoms with Gasteiger partial charge in [-0.05, 0) is 12.2 Å². The number of hydrogen-bond donors (Lipinski definition) is 1. The molecule has 2 heterocycles. The van der Waals surface area contributed by atoms with Gasteiger partial charge >= 0.3 is 0 Å². The van der Waals surface area contributed by atoms with Gasteiger partial charge in [0.15, 0.2) is 4.77 Å². The summed E-state index contributed by atoms with van der Waals surface area (Å²) in [5.41, 5.74) is 0. The number of amides is 1. The second kappa shape index (κ2) is 5.27. The van der Waals surface area contributed by atoms with E-state index in [-0.39, 0.29) is 5.91 Å². The molecule has 16 heavy (non-hydrogen) atoms. The second-order valence-electron chi connectivity index (χ2n) is 3.70. The third-order valence-corrected chi connectivity index (χ3v) is 3.00. The molecule has 0 aromatic carbocycles. The van der Waals surface area contributed by atoms with Crippen molar-refractivity contribution in [2.24, 2.45) is 0 Å². The lowest BCUT2D eigenvalue weighted by Crippen LogP contribution is -2.40. The number of morpholine rings is 1. The minimum absolute atomic E-state index is 0.173. The molecular weight excluding hydrogens is 226 g/mol. The maximum atomic E-state index is 11.8. The Kier molecular flexibility index (Phi) is 3.74. The first-order chi connectivity index (χ1) is 7.77.